The summed E-state index contributed by atoms with van der Waals surface area (Å²) in [6.45, 7) is 2.13. The summed E-state index contributed by atoms with van der Waals surface area (Å²) in [7, 11) is 0. The fourth-order valence-corrected chi connectivity index (χ4v) is 2.51. The van der Waals surface area contributed by atoms with Gasteiger partial charge >= 0.3 is 0 Å². The summed E-state index contributed by atoms with van der Waals surface area (Å²) in [5.41, 5.74) is 3.99. The van der Waals surface area contributed by atoms with Crippen LogP contribution in [0.3, 0.4) is 0 Å². The molecule has 0 amide bonds. The monoisotopic (exact) mass is 188 g/mol. The van der Waals surface area contributed by atoms with Crippen molar-refractivity contribution < 1.29 is 5.11 Å². The lowest BCUT2D eigenvalue weighted by Gasteiger charge is -2.09. The Labute approximate surface area is 84.8 Å². The summed E-state index contributed by atoms with van der Waals surface area (Å²) in [4.78, 5) is 0. The summed E-state index contributed by atoms with van der Waals surface area (Å²) in [5, 5.41) is 9.98. The maximum Gasteiger partial charge on any atom is 0.0821 e. The SMILES string of the molecule is CC1Cc2ccc(C3CC3)cc2C1O. The Hall–Kier alpha value is -0.820. The highest BCUT2D eigenvalue weighted by Crippen LogP contribution is 2.43. The number of aliphatic hydroxyl groups is 1. The molecule has 1 heteroatoms. The molecule has 0 saturated heterocycles. The largest absolute Gasteiger partial charge is 0.388 e. The quantitative estimate of drug-likeness (QED) is 0.718. The van der Waals surface area contributed by atoms with Gasteiger partial charge in [0.2, 0.25) is 0 Å². The van der Waals surface area contributed by atoms with Crippen molar-refractivity contribution >= 4 is 0 Å². The fraction of sp³-hybridized carbons (Fsp3) is 0.538. The first-order valence-electron chi connectivity index (χ1n) is 5.56. The molecule has 1 aromatic carbocycles. The van der Waals surface area contributed by atoms with E-state index in [1.54, 1.807) is 0 Å². The molecule has 0 aliphatic heterocycles. The summed E-state index contributed by atoms with van der Waals surface area (Å²) in [6.07, 6.45) is 3.50. The standard InChI is InChI=1S/C13H16O/c1-8-6-11-5-4-10(9-2-3-9)7-12(11)13(8)14/h4-5,7-9,13-14H,2-3,6H2,1H3. The van der Waals surface area contributed by atoms with Crippen LogP contribution in [0, 0.1) is 5.92 Å². The van der Waals surface area contributed by atoms with E-state index in [0.29, 0.717) is 5.92 Å². The highest BCUT2D eigenvalue weighted by Gasteiger charge is 2.30. The normalized spacial score (nSPS) is 30.4. The van der Waals surface area contributed by atoms with E-state index in [0.717, 1.165) is 12.3 Å². The molecule has 1 nitrogen and oxygen atoms in total. The van der Waals surface area contributed by atoms with Crippen LogP contribution >= 0.6 is 0 Å². The zero-order valence-corrected chi connectivity index (χ0v) is 8.53. The van der Waals surface area contributed by atoms with Crippen LogP contribution in [0.2, 0.25) is 0 Å². The van der Waals surface area contributed by atoms with Crippen molar-refractivity contribution in [3.8, 4) is 0 Å². The molecule has 1 fully saturated rings. The van der Waals surface area contributed by atoms with Crippen molar-refractivity contribution in [2.45, 2.75) is 38.2 Å². The molecule has 0 radical (unpaired) electrons. The van der Waals surface area contributed by atoms with Gasteiger partial charge in [-0.1, -0.05) is 25.1 Å². The van der Waals surface area contributed by atoms with Crippen LogP contribution < -0.4 is 0 Å². The molecule has 2 unspecified atom stereocenters. The molecule has 2 aliphatic rings. The summed E-state index contributed by atoms with van der Waals surface area (Å²) >= 11 is 0. The molecule has 3 rings (SSSR count). The number of benzene rings is 1. The second kappa shape index (κ2) is 2.83. The Kier molecular flexibility index (Phi) is 1.72. The van der Waals surface area contributed by atoms with Gasteiger partial charge in [0.15, 0.2) is 0 Å². The minimum absolute atomic E-state index is 0.219. The number of rotatable bonds is 1. The predicted octanol–water partition coefficient (Wildman–Crippen LogP) is 2.79. The average molecular weight is 188 g/mol. The molecule has 0 spiro atoms. The summed E-state index contributed by atoms with van der Waals surface area (Å²) < 4.78 is 0. The van der Waals surface area contributed by atoms with Gasteiger partial charge in [0.05, 0.1) is 6.10 Å². The number of fused-ring (bicyclic) bond motifs is 1. The van der Waals surface area contributed by atoms with E-state index >= 15 is 0 Å². The molecule has 0 bridgehead atoms. The minimum atomic E-state index is -0.219. The molecule has 14 heavy (non-hydrogen) atoms. The maximum atomic E-state index is 9.98. The molecular formula is C13H16O. The van der Waals surface area contributed by atoms with Crippen molar-refractivity contribution in [3.63, 3.8) is 0 Å². The Bertz CT molecular complexity index is 365. The molecule has 74 valence electrons. The Morgan fingerprint density at radius 3 is 2.79 bits per heavy atom. The summed E-state index contributed by atoms with van der Waals surface area (Å²) in [5.74, 6) is 1.20. The third-order valence-electron chi connectivity index (χ3n) is 3.62. The highest BCUT2D eigenvalue weighted by atomic mass is 16.3. The van der Waals surface area contributed by atoms with Gasteiger partial charge in [-0.15, -0.1) is 0 Å². The topological polar surface area (TPSA) is 20.2 Å². The molecule has 2 aliphatic carbocycles. The molecule has 0 heterocycles. The van der Waals surface area contributed by atoms with Gasteiger partial charge in [-0.2, -0.15) is 0 Å². The first kappa shape index (κ1) is 8.49. The first-order chi connectivity index (χ1) is 6.75. The number of hydrogen-bond donors (Lipinski definition) is 1. The third-order valence-corrected chi connectivity index (χ3v) is 3.62. The maximum absolute atomic E-state index is 9.98. The van der Waals surface area contributed by atoms with Crippen molar-refractivity contribution in [1.82, 2.24) is 0 Å². The van der Waals surface area contributed by atoms with Crippen molar-refractivity contribution in [1.29, 1.82) is 0 Å². The lowest BCUT2D eigenvalue weighted by Crippen LogP contribution is -2.01. The molecule has 1 N–H and O–H groups in total. The van der Waals surface area contributed by atoms with Crippen LogP contribution in [0.5, 0.6) is 0 Å². The van der Waals surface area contributed by atoms with Crippen LogP contribution in [0.4, 0.5) is 0 Å². The van der Waals surface area contributed by atoms with Crippen molar-refractivity contribution in [2.75, 3.05) is 0 Å². The number of hydrogen-bond acceptors (Lipinski definition) is 1. The van der Waals surface area contributed by atoms with Gasteiger partial charge in [-0.05, 0) is 47.8 Å². The van der Waals surface area contributed by atoms with Crippen molar-refractivity contribution in [3.05, 3.63) is 34.9 Å². The predicted molar refractivity (Wildman–Crippen MR) is 56.2 cm³/mol. The van der Waals surface area contributed by atoms with Crippen LogP contribution in [0.25, 0.3) is 0 Å². The number of aliphatic hydroxyl groups excluding tert-OH is 1. The van der Waals surface area contributed by atoms with Gasteiger partial charge in [-0.25, -0.2) is 0 Å². The zero-order valence-electron chi connectivity index (χ0n) is 8.53. The smallest absolute Gasteiger partial charge is 0.0821 e. The van der Waals surface area contributed by atoms with E-state index in [-0.39, 0.29) is 6.10 Å². The molecule has 1 saturated carbocycles. The minimum Gasteiger partial charge on any atom is -0.388 e. The Morgan fingerprint density at radius 2 is 2.07 bits per heavy atom. The van der Waals surface area contributed by atoms with E-state index < -0.39 is 0 Å². The van der Waals surface area contributed by atoms with E-state index in [1.807, 2.05) is 0 Å². The van der Waals surface area contributed by atoms with E-state index in [4.69, 9.17) is 0 Å². The van der Waals surface area contributed by atoms with Crippen LogP contribution in [0.15, 0.2) is 18.2 Å². The lowest BCUT2D eigenvalue weighted by molar-refractivity contribution is 0.133. The third kappa shape index (κ3) is 1.19. The molecule has 1 aromatic rings. The summed E-state index contributed by atoms with van der Waals surface area (Å²) in [6, 6.07) is 6.71. The highest BCUT2D eigenvalue weighted by molar-refractivity contribution is 5.40. The van der Waals surface area contributed by atoms with Gasteiger partial charge in [0.1, 0.15) is 0 Å². The van der Waals surface area contributed by atoms with Gasteiger partial charge in [0, 0.05) is 0 Å². The second-order valence-electron chi connectivity index (χ2n) is 4.86. The lowest BCUT2D eigenvalue weighted by atomic mass is 10.0. The fourth-order valence-electron chi connectivity index (χ4n) is 2.51. The Balaban J connectivity index is 2.02. The average Bonchev–Trinajstić information content (AvgIpc) is 2.97. The van der Waals surface area contributed by atoms with Gasteiger partial charge in [-0.3, -0.25) is 0 Å². The Morgan fingerprint density at radius 1 is 1.29 bits per heavy atom. The molecule has 0 aromatic heterocycles. The van der Waals surface area contributed by atoms with Crippen LogP contribution in [0.1, 0.15) is 48.5 Å². The molecule has 2 atom stereocenters. The van der Waals surface area contributed by atoms with E-state index in [9.17, 15) is 5.11 Å². The molecular weight excluding hydrogens is 172 g/mol. The second-order valence-corrected chi connectivity index (χ2v) is 4.86. The first-order valence-corrected chi connectivity index (χ1v) is 5.56. The van der Waals surface area contributed by atoms with Crippen molar-refractivity contribution in [2.24, 2.45) is 5.92 Å². The van der Waals surface area contributed by atoms with Gasteiger partial charge < -0.3 is 5.11 Å². The van der Waals surface area contributed by atoms with Crippen LogP contribution in [-0.4, -0.2) is 5.11 Å². The van der Waals surface area contributed by atoms with E-state index in [2.05, 4.69) is 25.1 Å². The zero-order chi connectivity index (χ0) is 9.71. The van der Waals surface area contributed by atoms with E-state index in [1.165, 1.54) is 29.5 Å². The van der Waals surface area contributed by atoms with Crippen LogP contribution in [-0.2, 0) is 6.42 Å². The van der Waals surface area contributed by atoms with Gasteiger partial charge in [0.25, 0.3) is 0 Å².